The Hall–Kier alpha value is -2.53. The summed E-state index contributed by atoms with van der Waals surface area (Å²) in [5, 5.41) is 42.1. The maximum absolute atomic E-state index is 7.02. The molecule has 0 aliphatic heterocycles. The quantitative estimate of drug-likeness (QED) is 0.120. The summed E-state index contributed by atoms with van der Waals surface area (Å²) in [5.74, 6) is 0. The number of hydrogen-bond acceptors (Lipinski definition) is 12. The van der Waals surface area contributed by atoms with E-state index in [0.717, 1.165) is 0 Å². The second-order valence-corrected chi connectivity index (χ2v) is 11.7. The molecule has 0 amide bonds. The summed E-state index contributed by atoms with van der Waals surface area (Å²) >= 11 is 0. The van der Waals surface area contributed by atoms with E-state index in [-0.39, 0.29) is 0 Å². The van der Waals surface area contributed by atoms with E-state index in [1.807, 2.05) is 0 Å². The van der Waals surface area contributed by atoms with Crippen LogP contribution in [0.5, 0.6) is 0 Å². The van der Waals surface area contributed by atoms with Crippen molar-refractivity contribution < 1.29 is 26.6 Å². The van der Waals surface area contributed by atoms with Gasteiger partial charge in [0.05, 0.1) is 0 Å². The van der Waals surface area contributed by atoms with E-state index in [1.54, 1.807) is 0 Å². The molecule has 0 radical (unpaired) electrons. The van der Waals surface area contributed by atoms with Crippen LogP contribution in [0.2, 0.25) is 4.79 Å². The molecule has 0 aromatic rings. The molecule has 15 heteroatoms. The van der Waals surface area contributed by atoms with Gasteiger partial charge in [-0.15, -0.1) is 0 Å². The Labute approximate surface area is 130 Å². The minimum Gasteiger partial charge on any atom is -0.505 e. The van der Waals surface area contributed by atoms with Crippen molar-refractivity contribution >= 4 is 66.3 Å². The summed E-state index contributed by atoms with van der Waals surface area (Å²) in [6, 6.07) is 0. The molecule has 0 saturated carbocycles. The van der Waals surface area contributed by atoms with Gasteiger partial charge in [-0.3, -0.25) is 32.5 Å². The maximum atomic E-state index is 7.02. The van der Waals surface area contributed by atoms with Crippen LogP contribution in [0.25, 0.3) is 0 Å². The van der Waals surface area contributed by atoms with Gasteiger partial charge in [0, 0.05) is 0 Å². The molecule has 6 N–H and O–H groups in total. The highest BCUT2D eigenvalue weighted by atomic mass is 28.4. The smallest absolute Gasteiger partial charge is 0.456 e. The van der Waals surface area contributed by atoms with E-state index < -0.39 is 32.6 Å². The Morgan fingerprint density at radius 1 is 0.455 bits per heavy atom. The fourth-order valence-corrected chi connectivity index (χ4v) is 9.86. The zero-order chi connectivity index (χ0) is 16.8. The van der Waals surface area contributed by atoms with Crippen molar-refractivity contribution in [3.8, 4) is 0 Å². The summed E-state index contributed by atoms with van der Waals surface area (Å²) < 4.78 is 30.3. The lowest BCUT2D eigenvalue weighted by atomic mass is 11.6. The zero-order valence-corrected chi connectivity index (χ0v) is 14.7. The lowest BCUT2D eigenvalue weighted by Crippen LogP contribution is -2.51. The van der Waals surface area contributed by atoms with E-state index in [4.69, 9.17) is 59.0 Å². The highest BCUT2D eigenvalue weighted by Gasteiger charge is 2.52. The third-order valence-corrected chi connectivity index (χ3v) is 12.1. The van der Waals surface area contributed by atoms with Crippen molar-refractivity contribution in [1.29, 1.82) is 32.5 Å². The molecule has 0 fully saturated rings. The average molecular weight is 364 g/mol. The van der Waals surface area contributed by atoms with Gasteiger partial charge in [-0.05, 0) is 0 Å². The van der Waals surface area contributed by atoms with Gasteiger partial charge in [0.15, 0.2) is 38.4 Å². The molecule has 0 aromatic carbocycles. The van der Waals surface area contributed by atoms with Crippen molar-refractivity contribution in [2.24, 2.45) is 0 Å². The Balaban J connectivity index is 5.61. The largest absolute Gasteiger partial charge is 0.505 e. The first-order chi connectivity index (χ1) is 10.7. The molecule has 0 rings (SSSR count). The fourth-order valence-electron chi connectivity index (χ4n) is 1.43. The van der Waals surface area contributed by atoms with Crippen LogP contribution < -0.4 is 0 Å². The highest BCUT2D eigenvalue weighted by Crippen LogP contribution is 2.22. The van der Waals surface area contributed by atoms with E-state index in [9.17, 15) is 0 Å². The molecular formula is C7H16N6O6Si3. The molecule has 0 bridgehead atoms. The van der Waals surface area contributed by atoms with Gasteiger partial charge in [0.1, 0.15) is 4.79 Å². The first-order valence-electron chi connectivity index (χ1n) is 5.56. The summed E-state index contributed by atoms with van der Waals surface area (Å²) in [5.41, 5.74) is 0. The summed E-state index contributed by atoms with van der Waals surface area (Å²) in [6.45, 7) is 0. The maximum Gasteiger partial charge on any atom is 0.456 e. The molecule has 0 aliphatic carbocycles. The molecule has 0 aromatic heterocycles. The van der Waals surface area contributed by atoms with Gasteiger partial charge in [0.25, 0.3) is 0 Å². The Bertz CT molecular complexity index is 316. The van der Waals surface area contributed by atoms with E-state index in [1.165, 1.54) is 0 Å². The van der Waals surface area contributed by atoms with Crippen LogP contribution >= 0.6 is 0 Å². The van der Waals surface area contributed by atoms with Gasteiger partial charge in [-0.25, -0.2) is 0 Å². The molecule has 0 saturated heterocycles. The Morgan fingerprint density at radius 3 is 0.773 bits per heavy atom. The molecule has 22 heavy (non-hydrogen) atoms. The van der Waals surface area contributed by atoms with Crippen molar-refractivity contribution in [3.63, 3.8) is 0 Å². The lowest BCUT2D eigenvalue weighted by molar-refractivity contribution is 0.367. The monoisotopic (exact) mass is 364 g/mol. The topological polar surface area (TPSA) is 198 Å². The van der Waals surface area contributed by atoms with Crippen LogP contribution in [0.4, 0.5) is 0 Å². The van der Waals surface area contributed by atoms with Crippen LogP contribution in [0, 0.1) is 32.5 Å². The normalized spacial score (nSPS) is 14.7. The Kier molecular flexibility index (Phi) is 10.8. The summed E-state index contributed by atoms with van der Waals surface area (Å²) in [7, 11) is -8.60. The minimum absolute atomic E-state index is 0.619. The zero-order valence-electron chi connectivity index (χ0n) is 11.2. The second kappa shape index (κ2) is 12.2. The van der Waals surface area contributed by atoms with Gasteiger partial charge in [-0.1, -0.05) is 0 Å². The lowest BCUT2D eigenvalue weighted by Gasteiger charge is -2.28. The average Bonchev–Trinajstić information content (AvgIpc) is 2.49. The SMILES string of the molecule is N=CO[SiH](OC=N)C([SiH](OC=N)OC=N)[SiH](OC=N)OC=N. The van der Waals surface area contributed by atoms with Crippen LogP contribution in [0.1, 0.15) is 0 Å². The molecule has 0 spiro atoms. The van der Waals surface area contributed by atoms with Crippen molar-refractivity contribution in [2.75, 3.05) is 0 Å². The molecule has 0 heterocycles. The van der Waals surface area contributed by atoms with Crippen LogP contribution in [-0.2, 0) is 26.6 Å². The first kappa shape index (κ1) is 19.5. The van der Waals surface area contributed by atoms with Crippen LogP contribution in [0.3, 0.4) is 0 Å². The third-order valence-electron chi connectivity index (χ3n) is 2.16. The van der Waals surface area contributed by atoms with Crippen molar-refractivity contribution in [1.82, 2.24) is 0 Å². The first-order valence-corrected chi connectivity index (χ1v) is 10.4. The molecule has 122 valence electrons. The van der Waals surface area contributed by atoms with E-state index in [2.05, 4.69) is 0 Å². The van der Waals surface area contributed by atoms with Crippen molar-refractivity contribution in [3.05, 3.63) is 0 Å². The molecule has 12 nitrogen and oxygen atoms in total. The van der Waals surface area contributed by atoms with E-state index >= 15 is 0 Å². The number of hydrogen-bond donors (Lipinski definition) is 6. The fraction of sp³-hybridized carbons (Fsp3) is 0.143. The summed E-state index contributed by atoms with van der Waals surface area (Å²) in [4.78, 5) is -0.824. The molecule has 0 atom stereocenters. The standard InChI is InChI=1S/C7H16N6O6Si3/c8-1-14-20(15-2-9)7(21(16-3-10)17-4-11)22(18-5-12)19-6-13/h1-13,20-22H. The number of nitrogens with one attached hydrogen (secondary N) is 6. The van der Waals surface area contributed by atoms with E-state index in [0.29, 0.717) is 38.4 Å². The van der Waals surface area contributed by atoms with Crippen LogP contribution in [-0.4, -0.2) is 66.3 Å². The minimum atomic E-state index is -2.87. The number of rotatable bonds is 15. The molecule has 0 unspecified atom stereocenters. The summed E-state index contributed by atoms with van der Waals surface area (Å²) in [6.07, 6.45) is 3.71. The molecular weight excluding hydrogens is 348 g/mol. The Morgan fingerprint density at radius 2 is 0.636 bits per heavy atom. The third kappa shape index (κ3) is 6.28. The van der Waals surface area contributed by atoms with Gasteiger partial charge in [0.2, 0.25) is 0 Å². The predicted molar refractivity (Wildman–Crippen MR) is 84.4 cm³/mol. The highest BCUT2D eigenvalue weighted by molar-refractivity contribution is 6.86. The van der Waals surface area contributed by atoms with Gasteiger partial charge >= 0.3 is 27.9 Å². The van der Waals surface area contributed by atoms with Crippen LogP contribution in [0.15, 0.2) is 0 Å². The second-order valence-electron chi connectivity index (χ2n) is 3.21. The molecule has 0 aliphatic rings. The predicted octanol–water partition coefficient (Wildman–Crippen LogP) is -1.16. The van der Waals surface area contributed by atoms with Crippen molar-refractivity contribution in [2.45, 2.75) is 4.79 Å². The van der Waals surface area contributed by atoms with Gasteiger partial charge in [-0.2, -0.15) is 0 Å². The van der Waals surface area contributed by atoms with Gasteiger partial charge < -0.3 is 26.6 Å².